The lowest BCUT2D eigenvalue weighted by atomic mass is 9.85. The minimum atomic E-state index is -3.48. The fourth-order valence-corrected chi connectivity index (χ4v) is 6.94. The summed E-state index contributed by atoms with van der Waals surface area (Å²) in [4.78, 5) is 40.4. The first kappa shape index (κ1) is 28.4. The van der Waals surface area contributed by atoms with E-state index in [2.05, 4.69) is 10.6 Å². The van der Waals surface area contributed by atoms with E-state index in [9.17, 15) is 22.8 Å². The van der Waals surface area contributed by atoms with Gasteiger partial charge in [0, 0.05) is 12.6 Å². The van der Waals surface area contributed by atoms with E-state index in [1.807, 2.05) is 27.7 Å². The average molecular weight is 502 g/mol. The molecule has 34 heavy (non-hydrogen) atoms. The molecule has 1 saturated carbocycles. The maximum atomic E-state index is 13.5. The number of nitrogens with one attached hydrogen (secondary N) is 2. The summed E-state index contributed by atoms with van der Waals surface area (Å²) in [5.41, 5.74) is -0.635. The Balaban J connectivity index is 2.21. The summed E-state index contributed by atoms with van der Waals surface area (Å²) in [6.45, 7) is 12.9. The van der Waals surface area contributed by atoms with E-state index in [1.165, 1.54) is 12.0 Å². The smallest absolute Gasteiger partial charge is 0.328 e. The minimum Gasteiger partial charge on any atom is -0.467 e. The number of hydrogen-bond acceptors (Lipinski definition) is 6. The molecule has 2 N–H and O–H groups in total. The molecule has 2 fully saturated rings. The normalized spacial score (nSPS) is 27.1. The predicted octanol–water partition coefficient (Wildman–Crippen LogP) is 2.63. The topological polar surface area (TPSA) is 122 Å². The molecule has 1 aliphatic carbocycles. The Labute approximate surface area is 204 Å². The highest BCUT2D eigenvalue weighted by molar-refractivity contribution is 7.93. The van der Waals surface area contributed by atoms with Gasteiger partial charge in [-0.1, -0.05) is 40.5 Å². The minimum absolute atomic E-state index is 0.0450. The van der Waals surface area contributed by atoms with Crippen LogP contribution in [-0.2, 0) is 24.2 Å². The molecule has 0 spiro atoms. The first-order valence-electron chi connectivity index (χ1n) is 12.2. The second kappa shape index (κ2) is 10.4. The van der Waals surface area contributed by atoms with Crippen LogP contribution in [0.5, 0.6) is 0 Å². The number of carbonyl (C=O) groups is 3. The molecule has 10 heteroatoms. The Kier molecular flexibility index (Phi) is 8.70. The number of carbonyl (C=O) groups excluding carboxylic acids is 3. The van der Waals surface area contributed by atoms with Crippen LogP contribution in [0.25, 0.3) is 0 Å². The highest BCUT2D eigenvalue weighted by Crippen LogP contribution is 2.32. The first-order valence-corrected chi connectivity index (χ1v) is 13.8. The zero-order chi connectivity index (χ0) is 26.1. The summed E-state index contributed by atoms with van der Waals surface area (Å²) in [5.74, 6) is -0.853. The molecule has 2 aliphatic rings. The largest absolute Gasteiger partial charge is 0.467 e. The monoisotopic (exact) mass is 501 g/mol. The molecule has 2 rings (SSSR count). The first-order chi connectivity index (χ1) is 15.5. The lowest BCUT2D eigenvalue weighted by Crippen LogP contribution is -2.61. The highest BCUT2D eigenvalue weighted by Gasteiger charge is 2.46. The Morgan fingerprint density at radius 1 is 1.00 bits per heavy atom. The summed E-state index contributed by atoms with van der Waals surface area (Å²) >= 11 is 0. The number of methoxy groups -OCH3 is 1. The van der Waals surface area contributed by atoms with Crippen LogP contribution in [0.2, 0.25) is 0 Å². The Bertz CT molecular complexity index is 874. The van der Waals surface area contributed by atoms with E-state index in [-0.39, 0.29) is 11.8 Å². The summed E-state index contributed by atoms with van der Waals surface area (Å²) in [5, 5.41) is 4.99. The number of sulfone groups is 1. The Morgan fingerprint density at radius 3 is 2.12 bits per heavy atom. The van der Waals surface area contributed by atoms with E-state index in [0.29, 0.717) is 25.8 Å². The summed E-state index contributed by atoms with van der Waals surface area (Å²) < 4.78 is 30.3. The highest BCUT2D eigenvalue weighted by atomic mass is 32.2. The van der Waals surface area contributed by atoms with Gasteiger partial charge in [0.1, 0.15) is 12.1 Å². The van der Waals surface area contributed by atoms with Crippen molar-refractivity contribution in [2.24, 2.45) is 11.3 Å². The maximum absolute atomic E-state index is 13.5. The van der Waals surface area contributed by atoms with Crippen molar-refractivity contribution in [1.29, 1.82) is 0 Å². The van der Waals surface area contributed by atoms with Crippen LogP contribution < -0.4 is 10.6 Å². The van der Waals surface area contributed by atoms with Crippen LogP contribution >= 0.6 is 0 Å². The van der Waals surface area contributed by atoms with Crippen LogP contribution in [0.3, 0.4) is 0 Å². The fraction of sp³-hybridized carbons (Fsp3) is 0.875. The van der Waals surface area contributed by atoms with Gasteiger partial charge < -0.3 is 20.3 Å². The third-order valence-electron chi connectivity index (χ3n) is 7.09. The average Bonchev–Trinajstić information content (AvgIpc) is 3.11. The van der Waals surface area contributed by atoms with E-state index < -0.39 is 55.4 Å². The van der Waals surface area contributed by atoms with Crippen molar-refractivity contribution in [2.45, 2.75) is 109 Å². The number of urea groups is 1. The number of amides is 3. The van der Waals surface area contributed by atoms with Gasteiger partial charge in [0.2, 0.25) is 5.91 Å². The molecule has 1 saturated heterocycles. The zero-order valence-electron chi connectivity index (χ0n) is 21.9. The summed E-state index contributed by atoms with van der Waals surface area (Å²) in [6, 6.07) is -2.68. The molecule has 1 aliphatic heterocycles. The fourth-order valence-electron chi connectivity index (χ4n) is 4.92. The standard InChI is InChI=1S/C24H43N3O6S/c1-15-13-14-27(18(15)21(29)33-8)20(28)19(23(2,3)4)26-22(30)25-16-11-9-10-12-17(16)34(31,32)24(5,6)7/h15-19H,9-14H2,1-8H3,(H2,25,26,30)/t15-,16-,17+,18-,19+/m0/s1. The molecule has 0 radical (unpaired) electrons. The predicted molar refractivity (Wildman–Crippen MR) is 131 cm³/mol. The second-order valence-electron chi connectivity index (χ2n) is 11.8. The third kappa shape index (κ3) is 6.04. The van der Waals surface area contributed by atoms with E-state index in [1.54, 1.807) is 20.8 Å². The maximum Gasteiger partial charge on any atom is 0.328 e. The molecular formula is C24H43N3O6S. The van der Waals surface area contributed by atoms with Crippen molar-refractivity contribution in [2.75, 3.05) is 13.7 Å². The van der Waals surface area contributed by atoms with Crippen molar-refractivity contribution in [3.8, 4) is 0 Å². The van der Waals surface area contributed by atoms with Gasteiger partial charge >= 0.3 is 12.0 Å². The van der Waals surface area contributed by atoms with Gasteiger partial charge in [0.15, 0.2) is 9.84 Å². The van der Waals surface area contributed by atoms with Crippen LogP contribution in [0.1, 0.15) is 80.6 Å². The van der Waals surface area contributed by atoms with Gasteiger partial charge in [-0.2, -0.15) is 0 Å². The van der Waals surface area contributed by atoms with Crippen molar-refractivity contribution in [3.05, 3.63) is 0 Å². The van der Waals surface area contributed by atoms with Crippen molar-refractivity contribution in [1.82, 2.24) is 15.5 Å². The molecule has 9 nitrogen and oxygen atoms in total. The molecule has 3 amide bonds. The van der Waals surface area contributed by atoms with Gasteiger partial charge in [-0.15, -0.1) is 0 Å². The summed E-state index contributed by atoms with van der Waals surface area (Å²) in [6.07, 6.45) is 3.36. The third-order valence-corrected chi connectivity index (χ3v) is 10.2. The number of hydrogen-bond donors (Lipinski definition) is 2. The quantitative estimate of drug-likeness (QED) is 0.559. The molecule has 0 bridgehead atoms. The summed E-state index contributed by atoms with van der Waals surface area (Å²) in [7, 11) is -2.17. The van der Waals surface area contributed by atoms with Gasteiger partial charge in [0.05, 0.1) is 17.1 Å². The molecular weight excluding hydrogens is 458 g/mol. The van der Waals surface area contributed by atoms with Crippen LogP contribution in [0.15, 0.2) is 0 Å². The Morgan fingerprint density at radius 2 is 1.59 bits per heavy atom. The van der Waals surface area contributed by atoms with Crippen molar-refractivity contribution < 1.29 is 27.5 Å². The molecule has 1 heterocycles. The van der Waals surface area contributed by atoms with Gasteiger partial charge in [-0.25, -0.2) is 18.0 Å². The number of esters is 1. The zero-order valence-corrected chi connectivity index (χ0v) is 22.8. The van der Waals surface area contributed by atoms with E-state index >= 15 is 0 Å². The molecule has 0 aromatic carbocycles. The van der Waals surface area contributed by atoms with Gasteiger partial charge in [-0.05, 0) is 51.4 Å². The molecule has 0 aromatic heterocycles. The van der Waals surface area contributed by atoms with Crippen LogP contribution in [0.4, 0.5) is 4.79 Å². The Hall–Kier alpha value is -1.84. The number of nitrogens with zero attached hydrogens (tertiary/aromatic N) is 1. The molecule has 196 valence electrons. The van der Waals surface area contributed by atoms with Crippen molar-refractivity contribution >= 4 is 27.7 Å². The van der Waals surface area contributed by atoms with Gasteiger partial charge in [-0.3, -0.25) is 4.79 Å². The van der Waals surface area contributed by atoms with Crippen molar-refractivity contribution in [3.63, 3.8) is 0 Å². The molecule has 0 aromatic rings. The van der Waals surface area contributed by atoms with Crippen LogP contribution in [-0.4, -0.2) is 73.0 Å². The number of ether oxygens (including phenoxy) is 1. The lowest BCUT2D eigenvalue weighted by molar-refractivity contribution is -0.153. The van der Waals surface area contributed by atoms with Crippen LogP contribution in [0, 0.1) is 11.3 Å². The van der Waals surface area contributed by atoms with E-state index in [4.69, 9.17) is 4.74 Å². The number of likely N-dealkylation sites (tertiary alicyclic amines) is 1. The number of rotatable bonds is 5. The van der Waals surface area contributed by atoms with E-state index in [0.717, 1.165) is 12.8 Å². The van der Waals surface area contributed by atoms with Gasteiger partial charge in [0.25, 0.3) is 0 Å². The molecule has 5 atom stereocenters. The lowest BCUT2D eigenvalue weighted by Gasteiger charge is -2.38. The molecule has 0 unspecified atom stereocenters. The second-order valence-corrected chi connectivity index (χ2v) is 14.7. The SMILES string of the molecule is COC(=O)[C@@H]1[C@@H](C)CCN1C(=O)[C@@H](NC(=O)N[C@H]1CCCC[C@H]1S(=O)(=O)C(C)(C)C)C(C)(C)C.